The third kappa shape index (κ3) is 4.99. The first-order valence-electron chi connectivity index (χ1n) is 11.4. The van der Waals surface area contributed by atoms with E-state index in [9.17, 15) is 0 Å². The van der Waals surface area contributed by atoms with Gasteiger partial charge in [-0.3, -0.25) is 4.68 Å². The average molecular weight is 447 g/mol. The number of hydrogen-bond acceptors (Lipinski definition) is 7. The highest BCUT2D eigenvalue weighted by Crippen LogP contribution is 2.26. The fourth-order valence-electron chi connectivity index (χ4n) is 4.03. The Hall–Kier alpha value is -3.43. The number of benzene rings is 2. The molecule has 0 aliphatic carbocycles. The first-order chi connectivity index (χ1) is 16.2. The van der Waals surface area contributed by atoms with Gasteiger partial charge in [0.15, 0.2) is 0 Å². The average Bonchev–Trinajstić information content (AvgIpc) is 3.48. The lowest BCUT2D eigenvalue weighted by Gasteiger charge is -2.34. The largest absolute Gasteiger partial charge is 0.487 e. The fourth-order valence-corrected chi connectivity index (χ4v) is 4.03. The van der Waals surface area contributed by atoms with Gasteiger partial charge in [0.25, 0.3) is 0 Å². The highest BCUT2D eigenvalue weighted by molar-refractivity contribution is 5.83. The molecule has 0 bridgehead atoms. The van der Waals surface area contributed by atoms with Crippen molar-refractivity contribution in [2.24, 2.45) is 5.73 Å². The van der Waals surface area contributed by atoms with Crippen LogP contribution >= 0.6 is 0 Å². The summed E-state index contributed by atoms with van der Waals surface area (Å²) < 4.78 is 7.67. The molecule has 1 saturated heterocycles. The molecule has 9 nitrogen and oxygen atoms in total. The van der Waals surface area contributed by atoms with Gasteiger partial charge < -0.3 is 25.3 Å². The Morgan fingerprint density at radius 3 is 2.67 bits per heavy atom. The van der Waals surface area contributed by atoms with Gasteiger partial charge >= 0.3 is 0 Å². The Morgan fingerprint density at radius 1 is 1.06 bits per heavy atom. The van der Waals surface area contributed by atoms with E-state index in [2.05, 4.69) is 50.3 Å². The zero-order chi connectivity index (χ0) is 22.6. The maximum atomic E-state index is 5.87. The molecular formula is C24H30N8O. The third-order valence-corrected chi connectivity index (χ3v) is 6.03. The Labute approximate surface area is 193 Å². The summed E-state index contributed by atoms with van der Waals surface area (Å²) in [6.45, 7) is 6.07. The van der Waals surface area contributed by atoms with E-state index in [-0.39, 0.29) is 0 Å². The van der Waals surface area contributed by atoms with Gasteiger partial charge in [-0.25, -0.2) is 4.98 Å². The number of nitrogens with two attached hydrogens (primary N) is 1. The van der Waals surface area contributed by atoms with Crippen LogP contribution in [0.25, 0.3) is 22.4 Å². The molecule has 5 rings (SSSR count). The molecule has 172 valence electrons. The number of H-pyrrole nitrogens is 1. The van der Waals surface area contributed by atoms with E-state index in [1.165, 1.54) is 5.69 Å². The summed E-state index contributed by atoms with van der Waals surface area (Å²) in [5.74, 6) is 1.64. The van der Waals surface area contributed by atoms with Crippen LogP contribution in [0, 0.1) is 0 Å². The molecular weight excluding hydrogens is 416 g/mol. The second-order valence-electron chi connectivity index (χ2n) is 8.51. The monoisotopic (exact) mass is 446 g/mol. The number of piperazine rings is 1. The van der Waals surface area contributed by atoms with Crippen LogP contribution in [0.15, 0.2) is 48.7 Å². The van der Waals surface area contributed by atoms with Gasteiger partial charge in [0.1, 0.15) is 23.9 Å². The molecule has 0 unspecified atom stereocenters. The maximum Gasteiger partial charge on any atom is 0.138 e. The van der Waals surface area contributed by atoms with Crippen LogP contribution in [-0.2, 0) is 13.2 Å². The minimum atomic E-state index is 0.377. The Morgan fingerprint density at radius 2 is 1.88 bits per heavy atom. The van der Waals surface area contributed by atoms with Crippen LogP contribution in [0.3, 0.4) is 0 Å². The van der Waals surface area contributed by atoms with Crippen molar-refractivity contribution in [2.45, 2.75) is 19.6 Å². The number of ether oxygens (including phenoxy) is 1. The molecule has 0 saturated carbocycles. The van der Waals surface area contributed by atoms with Gasteiger partial charge in [0.05, 0.1) is 17.2 Å². The van der Waals surface area contributed by atoms with Crippen molar-refractivity contribution in [2.75, 3.05) is 44.7 Å². The summed E-state index contributed by atoms with van der Waals surface area (Å²) in [7, 11) is 2.17. The zero-order valence-corrected chi connectivity index (χ0v) is 18.9. The van der Waals surface area contributed by atoms with E-state index >= 15 is 0 Å². The second-order valence-corrected chi connectivity index (χ2v) is 8.51. The van der Waals surface area contributed by atoms with Gasteiger partial charge in [0, 0.05) is 44.0 Å². The molecule has 33 heavy (non-hydrogen) atoms. The van der Waals surface area contributed by atoms with Gasteiger partial charge in [-0.1, -0.05) is 5.21 Å². The Balaban J connectivity index is 1.24. The van der Waals surface area contributed by atoms with Crippen molar-refractivity contribution in [3.05, 3.63) is 54.4 Å². The molecule has 0 radical (unpaired) electrons. The van der Waals surface area contributed by atoms with Gasteiger partial charge in [0.2, 0.25) is 0 Å². The van der Waals surface area contributed by atoms with Crippen molar-refractivity contribution in [1.82, 2.24) is 29.9 Å². The van der Waals surface area contributed by atoms with Crippen molar-refractivity contribution in [3.8, 4) is 17.1 Å². The maximum absolute atomic E-state index is 5.87. The molecule has 1 aliphatic rings. The predicted octanol–water partition coefficient (Wildman–Crippen LogP) is 2.50. The molecule has 3 N–H and O–H groups in total. The minimum absolute atomic E-state index is 0.377. The highest BCUT2D eigenvalue weighted by atomic mass is 16.5. The predicted molar refractivity (Wildman–Crippen MR) is 129 cm³/mol. The molecule has 2 aromatic heterocycles. The van der Waals surface area contributed by atoms with E-state index in [0.717, 1.165) is 73.0 Å². The second kappa shape index (κ2) is 9.60. The molecule has 3 heterocycles. The smallest absolute Gasteiger partial charge is 0.138 e. The summed E-state index contributed by atoms with van der Waals surface area (Å²) in [6, 6.07) is 14.4. The van der Waals surface area contributed by atoms with Gasteiger partial charge in [-0.15, -0.1) is 5.10 Å². The number of aryl methyl sites for hydroxylation is 1. The molecule has 0 atom stereocenters. The fraction of sp³-hybridized carbons (Fsp3) is 0.375. The van der Waals surface area contributed by atoms with Crippen LogP contribution in [0.4, 0.5) is 5.69 Å². The number of nitrogens with zero attached hydrogens (tertiary/aromatic N) is 6. The summed E-state index contributed by atoms with van der Waals surface area (Å²) >= 11 is 0. The van der Waals surface area contributed by atoms with E-state index in [0.29, 0.717) is 13.2 Å². The minimum Gasteiger partial charge on any atom is -0.487 e. The molecule has 0 spiro atoms. The van der Waals surface area contributed by atoms with Crippen LogP contribution < -0.4 is 15.4 Å². The van der Waals surface area contributed by atoms with Crippen molar-refractivity contribution < 1.29 is 4.74 Å². The topological polar surface area (TPSA) is 101 Å². The number of fused-ring (bicyclic) bond motifs is 1. The quantitative estimate of drug-likeness (QED) is 0.429. The Bertz CT molecular complexity index is 1190. The van der Waals surface area contributed by atoms with Gasteiger partial charge in [-0.05, 0) is 62.5 Å². The number of nitrogens with one attached hydrogen (secondary N) is 1. The number of hydrogen-bond donors (Lipinski definition) is 2. The molecule has 9 heteroatoms. The molecule has 1 fully saturated rings. The van der Waals surface area contributed by atoms with E-state index in [4.69, 9.17) is 15.5 Å². The number of aromatic nitrogens is 5. The lowest BCUT2D eigenvalue weighted by molar-refractivity contribution is 0.301. The van der Waals surface area contributed by atoms with Crippen LogP contribution in [-0.4, -0.2) is 69.6 Å². The summed E-state index contributed by atoms with van der Waals surface area (Å²) in [5.41, 5.74) is 10.6. The zero-order valence-electron chi connectivity index (χ0n) is 18.9. The number of imidazole rings is 1. The third-order valence-electron chi connectivity index (χ3n) is 6.03. The Kier molecular flexibility index (Phi) is 6.23. The lowest BCUT2D eigenvalue weighted by Crippen LogP contribution is -2.44. The molecule has 1 aliphatic heterocycles. The first kappa shape index (κ1) is 21.4. The van der Waals surface area contributed by atoms with Crippen LogP contribution in [0.5, 0.6) is 5.75 Å². The standard InChI is InChI=1S/C24H30N8O/c1-30-11-13-31(14-12-30)20-5-8-22-23(15-20)27-24(26-22)18-3-6-21(7-4-18)33-17-19-16-32(29-28-19)10-2-9-25/h3-8,15-16H,2,9-14,17,25H2,1H3,(H,26,27). The number of aromatic amines is 1. The number of rotatable bonds is 8. The van der Waals surface area contributed by atoms with E-state index in [1.807, 2.05) is 30.5 Å². The van der Waals surface area contributed by atoms with E-state index < -0.39 is 0 Å². The lowest BCUT2D eigenvalue weighted by atomic mass is 10.2. The molecule has 0 amide bonds. The SMILES string of the molecule is CN1CCN(c2ccc3nc(-c4ccc(OCc5cn(CCCN)nn5)cc4)[nH]c3c2)CC1. The molecule has 4 aromatic rings. The van der Waals surface area contributed by atoms with Crippen molar-refractivity contribution in [1.29, 1.82) is 0 Å². The van der Waals surface area contributed by atoms with Crippen LogP contribution in [0.1, 0.15) is 12.1 Å². The van der Waals surface area contributed by atoms with Crippen molar-refractivity contribution >= 4 is 16.7 Å². The first-order valence-corrected chi connectivity index (χ1v) is 11.4. The number of likely N-dealkylation sites (N-methyl/N-ethyl adjacent to an activating group) is 1. The highest BCUT2D eigenvalue weighted by Gasteiger charge is 2.15. The summed E-state index contributed by atoms with van der Waals surface area (Å²) in [5, 5.41) is 8.24. The summed E-state index contributed by atoms with van der Waals surface area (Å²) in [6.07, 6.45) is 2.78. The van der Waals surface area contributed by atoms with Crippen LogP contribution in [0.2, 0.25) is 0 Å². The number of anilines is 1. The molecule has 2 aromatic carbocycles. The normalized spacial score (nSPS) is 14.8. The van der Waals surface area contributed by atoms with Crippen molar-refractivity contribution in [3.63, 3.8) is 0 Å². The summed E-state index contributed by atoms with van der Waals surface area (Å²) in [4.78, 5) is 13.1. The van der Waals surface area contributed by atoms with E-state index in [1.54, 1.807) is 4.68 Å². The van der Waals surface area contributed by atoms with Gasteiger partial charge in [-0.2, -0.15) is 0 Å².